The number of likely N-dealkylation sites (tertiary alicyclic amines) is 1. The van der Waals surface area contributed by atoms with E-state index in [2.05, 4.69) is 9.64 Å². The standard InChI is InChI=1S/C10H17NO3/c1-14-10(13)9(8-12)7-11-5-3-2-4-6-11/h8-9H,2-7H2,1H3. The van der Waals surface area contributed by atoms with Gasteiger partial charge in [0.25, 0.3) is 0 Å². The third-order valence-corrected chi connectivity index (χ3v) is 2.57. The Morgan fingerprint density at radius 2 is 2.07 bits per heavy atom. The molecule has 0 amide bonds. The zero-order chi connectivity index (χ0) is 10.4. The average molecular weight is 199 g/mol. The molecule has 1 fully saturated rings. The van der Waals surface area contributed by atoms with E-state index < -0.39 is 11.9 Å². The summed E-state index contributed by atoms with van der Waals surface area (Å²) in [5.41, 5.74) is 0. The molecule has 0 radical (unpaired) electrons. The van der Waals surface area contributed by atoms with Crippen molar-refractivity contribution in [1.82, 2.24) is 4.90 Å². The van der Waals surface area contributed by atoms with Gasteiger partial charge in [-0.2, -0.15) is 0 Å². The molecule has 1 atom stereocenters. The number of nitrogens with zero attached hydrogens (tertiary/aromatic N) is 1. The maximum absolute atomic E-state index is 11.1. The third kappa shape index (κ3) is 3.10. The predicted octanol–water partition coefficient (Wildman–Crippen LogP) is 0.460. The summed E-state index contributed by atoms with van der Waals surface area (Å²) in [6.45, 7) is 2.48. The largest absolute Gasteiger partial charge is 0.468 e. The molecule has 1 unspecified atom stereocenters. The number of ether oxygens (including phenoxy) is 1. The molecule has 1 aliphatic rings. The van der Waals surface area contributed by atoms with Gasteiger partial charge in [0.05, 0.1) is 7.11 Å². The highest BCUT2D eigenvalue weighted by Crippen LogP contribution is 2.10. The second-order valence-corrected chi connectivity index (χ2v) is 3.63. The Bertz CT molecular complexity index is 200. The summed E-state index contributed by atoms with van der Waals surface area (Å²) in [6.07, 6.45) is 4.25. The molecule has 0 aromatic rings. The molecule has 4 heteroatoms. The van der Waals surface area contributed by atoms with Crippen LogP contribution in [0.2, 0.25) is 0 Å². The summed E-state index contributed by atoms with van der Waals surface area (Å²) in [7, 11) is 1.31. The minimum absolute atomic E-state index is 0.425. The van der Waals surface area contributed by atoms with Crippen LogP contribution >= 0.6 is 0 Å². The van der Waals surface area contributed by atoms with Crippen LogP contribution in [0.5, 0.6) is 0 Å². The molecule has 0 N–H and O–H groups in total. The molecule has 0 aliphatic carbocycles. The second kappa shape index (κ2) is 5.75. The van der Waals surface area contributed by atoms with Crippen molar-refractivity contribution in [2.75, 3.05) is 26.7 Å². The smallest absolute Gasteiger partial charge is 0.317 e. The van der Waals surface area contributed by atoms with E-state index in [4.69, 9.17) is 0 Å². The minimum Gasteiger partial charge on any atom is -0.468 e. The summed E-state index contributed by atoms with van der Waals surface area (Å²) in [4.78, 5) is 23.9. The number of carbonyl (C=O) groups is 2. The Morgan fingerprint density at radius 3 is 2.57 bits per heavy atom. The number of rotatable bonds is 4. The van der Waals surface area contributed by atoms with Crippen molar-refractivity contribution in [2.24, 2.45) is 5.92 Å². The number of hydrogen-bond acceptors (Lipinski definition) is 4. The normalized spacial score (nSPS) is 20.1. The Morgan fingerprint density at radius 1 is 1.43 bits per heavy atom. The Kier molecular flexibility index (Phi) is 4.59. The van der Waals surface area contributed by atoms with Gasteiger partial charge in [-0.05, 0) is 25.9 Å². The monoisotopic (exact) mass is 199 g/mol. The predicted molar refractivity (Wildman–Crippen MR) is 51.9 cm³/mol. The minimum atomic E-state index is -0.613. The van der Waals surface area contributed by atoms with Gasteiger partial charge in [0, 0.05) is 6.54 Å². The molecule has 1 heterocycles. The Balaban J connectivity index is 2.38. The van der Waals surface area contributed by atoms with Crippen LogP contribution in [0.4, 0.5) is 0 Å². The molecule has 14 heavy (non-hydrogen) atoms. The molecule has 0 aromatic carbocycles. The van der Waals surface area contributed by atoms with Gasteiger partial charge in [-0.1, -0.05) is 6.42 Å². The van der Waals surface area contributed by atoms with Crippen LogP contribution in [0.15, 0.2) is 0 Å². The van der Waals surface area contributed by atoms with Gasteiger partial charge in [0.2, 0.25) is 0 Å². The van der Waals surface area contributed by atoms with Crippen LogP contribution in [0.1, 0.15) is 19.3 Å². The van der Waals surface area contributed by atoms with Gasteiger partial charge in [0.15, 0.2) is 0 Å². The molecular weight excluding hydrogens is 182 g/mol. The first-order valence-electron chi connectivity index (χ1n) is 5.03. The maximum atomic E-state index is 11.1. The Hall–Kier alpha value is -0.900. The van der Waals surface area contributed by atoms with Crippen LogP contribution in [0.3, 0.4) is 0 Å². The van der Waals surface area contributed by atoms with Crippen molar-refractivity contribution < 1.29 is 14.3 Å². The van der Waals surface area contributed by atoms with E-state index in [0.29, 0.717) is 12.8 Å². The zero-order valence-corrected chi connectivity index (χ0v) is 8.57. The van der Waals surface area contributed by atoms with Crippen LogP contribution < -0.4 is 0 Å². The molecule has 80 valence electrons. The molecule has 4 nitrogen and oxygen atoms in total. The van der Waals surface area contributed by atoms with Crippen LogP contribution in [-0.4, -0.2) is 43.9 Å². The molecule has 0 bridgehead atoms. The van der Waals surface area contributed by atoms with Crippen LogP contribution in [0, 0.1) is 5.92 Å². The third-order valence-electron chi connectivity index (χ3n) is 2.57. The Labute approximate surface area is 84.2 Å². The van der Waals surface area contributed by atoms with Gasteiger partial charge >= 0.3 is 5.97 Å². The highest BCUT2D eigenvalue weighted by molar-refractivity contribution is 5.87. The highest BCUT2D eigenvalue weighted by Gasteiger charge is 2.22. The van der Waals surface area contributed by atoms with Crippen LogP contribution in [0.25, 0.3) is 0 Å². The van der Waals surface area contributed by atoms with E-state index >= 15 is 0 Å². The van der Waals surface area contributed by atoms with Gasteiger partial charge in [-0.25, -0.2) is 0 Å². The average Bonchev–Trinajstić information content (AvgIpc) is 2.26. The number of piperidine rings is 1. The fourth-order valence-corrected chi connectivity index (χ4v) is 1.74. The lowest BCUT2D eigenvalue weighted by molar-refractivity contribution is -0.147. The van der Waals surface area contributed by atoms with E-state index in [0.717, 1.165) is 25.9 Å². The van der Waals surface area contributed by atoms with Crippen molar-refractivity contribution in [3.8, 4) is 0 Å². The molecule has 1 saturated heterocycles. The topological polar surface area (TPSA) is 46.6 Å². The van der Waals surface area contributed by atoms with Crippen molar-refractivity contribution >= 4 is 12.3 Å². The lowest BCUT2D eigenvalue weighted by Gasteiger charge is -2.27. The first kappa shape index (κ1) is 11.2. The van der Waals surface area contributed by atoms with Gasteiger partial charge in [0.1, 0.15) is 12.2 Å². The van der Waals surface area contributed by atoms with Crippen molar-refractivity contribution in [1.29, 1.82) is 0 Å². The summed E-state index contributed by atoms with van der Waals surface area (Å²) in [5, 5.41) is 0. The molecule has 1 rings (SSSR count). The molecule has 0 saturated carbocycles. The SMILES string of the molecule is COC(=O)C(C=O)CN1CCCCC1. The lowest BCUT2D eigenvalue weighted by Crippen LogP contribution is -2.37. The van der Waals surface area contributed by atoms with Gasteiger partial charge in [-0.15, -0.1) is 0 Å². The molecule has 0 spiro atoms. The van der Waals surface area contributed by atoms with E-state index in [-0.39, 0.29) is 0 Å². The summed E-state index contributed by atoms with van der Waals surface area (Å²) in [5.74, 6) is -1.04. The van der Waals surface area contributed by atoms with Gasteiger partial charge < -0.3 is 14.4 Å². The van der Waals surface area contributed by atoms with E-state index in [9.17, 15) is 9.59 Å². The quantitative estimate of drug-likeness (QED) is 0.375. The van der Waals surface area contributed by atoms with E-state index in [1.165, 1.54) is 13.5 Å². The first-order valence-corrected chi connectivity index (χ1v) is 5.03. The number of aldehydes is 1. The fourth-order valence-electron chi connectivity index (χ4n) is 1.74. The second-order valence-electron chi connectivity index (χ2n) is 3.63. The molecule has 0 aromatic heterocycles. The molecule has 1 aliphatic heterocycles. The van der Waals surface area contributed by atoms with Crippen molar-refractivity contribution in [3.63, 3.8) is 0 Å². The van der Waals surface area contributed by atoms with E-state index in [1.807, 2.05) is 0 Å². The zero-order valence-electron chi connectivity index (χ0n) is 8.57. The van der Waals surface area contributed by atoms with Crippen molar-refractivity contribution in [3.05, 3.63) is 0 Å². The molecular formula is C10H17NO3. The van der Waals surface area contributed by atoms with Gasteiger partial charge in [-0.3, -0.25) is 4.79 Å². The fraction of sp³-hybridized carbons (Fsp3) is 0.800. The number of esters is 1. The number of hydrogen-bond donors (Lipinski definition) is 0. The summed E-state index contributed by atoms with van der Waals surface area (Å²) < 4.78 is 4.55. The highest BCUT2D eigenvalue weighted by atomic mass is 16.5. The maximum Gasteiger partial charge on any atom is 0.317 e. The summed E-state index contributed by atoms with van der Waals surface area (Å²) >= 11 is 0. The first-order chi connectivity index (χ1) is 6.77. The van der Waals surface area contributed by atoms with Crippen molar-refractivity contribution in [2.45, 2.75) is 19.3 Å². The summed E-state index contributed by atoms with van der Waals surface area (Å²) in [6, 6.07) is 0. The number of methoxy groups -OCH3 is 1. The number of carbonyl (C=O) groups excluding carboxylic acids is 2. The lowest BCUT2D eigenvalue weighted by atomic mass is 10.1. The van der Waals surface area contributed by atoms with Crippen LogP contribution in [-0.2, 0) is 14.3 Å². The van der Waals surface area contributed by atoms with E-state index in [1.54, 1.807) is 0 Å².